The lowest BCUT2D eigenvalue weighted by molar-refractivity contribution is -0.291. The van der Waals surface area contributed by atoms with E-state index in [1.165, 1.54) is 18.2 Å². The van der Waals surface area contributed by atoms with E-state index in [0.29, 0.717) is 10.2 Å². The van der Waals surface area contributed by atoms with Gasteiger partial charge in [0.1, 0.15) is 5.69 Å². The number of ether oxygens (including phenoxy) is 1. The normalized spacial score (nSPS) is 12.3. The van der Waals surface area contributed by atoms with Crippen molar-refractivity contribution in [3.05, 3.63) is 40.7 Å². The predicted molar refractivity (Wildman–Crippen MR) is 91.5 cm³/mol. The molecule has 8 nitrogen and oxygen atoms in total. The van der Waals surface area contributed by atoms with Gasteiger partial charge in [-0.15, -0.1) is 5.10 Å². The molecule has 14 heteroatoms. The van der Waals surface area contributed by atoms with Crippen molar-refractivity contribution in [2.24, 2.45) is 7.05 Å². The quantitative estimate of drug-likeness (QED) is 0.482. The first-order valence-corrected chi connectivity index (χ1v) is 8.28. The number of benzene rings is 1. The van der Waals surface area contributed by atoms with Crippen LogP contribution in [0.3, 0.4) is 0 Å². The Hall–Kier alpha value is -3.22. The number of nitrogens with zero attached hydrogens (tertiary/aromatic N) is 5. The highest BCUT2D eigenvalue weighted by molar-refractivity contribution is 6.33. The zero-order chi connectivity index (χ0) is 22.4. The number of aromatic hydroxyl groups is 1. The van der Waals surface area contributed by atoms with E-state index in [0.717, 1.165) is 25.0 Å². The van der Waals surface area contributed by atoms with Crippen molar-refractivity contribution in [1.29, 1.82) is 0 Å². The largest absolute Gasteiger partial charge is 0.503 e. The summed E-state index contributed by atoms with van der Waals surface area (Å²) in [5, 5.41) is 20.6. The number of aromatic nitrogens is 5. The number of halogens is 6. The maximum absolute atomic E-state index is 13.6. The van der Waals surface area contributed by atoms with Crippen LogP contribution in [0, 0.1) is 0 Å². The summed E-state index contributed by atoms with van der Waals surface area (Å²) < 4.78 is 71.2. The second kappa shape index (κ2) is 7.23. The maximum atomic E-state index is 13.6. The van der Waals surface area contributed by atoms with E-state index < -0.39 is 35.3 Å². The number of rotatable bonds is 4. The number of aryl methyl sites for hydroxylation is 1. The highest BCUT2D eigenvalue weighted by atomic mass is 35.5. The van der Waals surface area contributed by atoms with Crippen molar-refractivity contribution in [3.8, 4) is 22.8 Å². The van der Waals surface area contributed by atoms with Gasteiger partial charge in [-0.3, -0.25) is 0 Å². The molecule has 1 N–H and O–H groups in total. The molecule has 0 saturated heterocycles. The number of hydrogen-bond acceptors (Lipinski definition) is 6. The van der Waals surface area contributed by atoms with Crippen LogP contribution >= 0.6 is 11.6 Å². The summed E-state index contributed by atoms with van der Waals surface area (Å²) in [6.07, 6.45) is -4.83. The Morgan fingerprint density at radius 1 is 1.23 bits per heavy atom. The Balaban J connectivity index is 2.05. The Bertz CT molecular complexity index is 1130. The van der Waals surface area contributed by atoms with Gasteiger partial charge in [-0.1, -0.05) is 22.9 Å². The van der Waals surface area contributed by atoms with Crippen molar-refractivity contribution < 1.29 is 36.6 Å². The van der Waals surface area contributed by atoms with E-state index >= 15 is 0 Å². The van der Waals surface area contributed by atoms with Crippen LogP contribution < -0.4 is 0 Å². The molecule has 0 aliphatic rings. The van der Waals surface area contributed by atoms with Gasteiger partial charge in [-0.05, 0) is 12.1 Å². The molecule has 0 amide bonds. The van der Waals surface area contributed by atoms with Gasteiger partial charge >= 0.3 is 18.1 Å². The van der Waals surface area contributed by atoms with Crippen LogP contribution in [-0.4, -0.2) is 49.1 Å². The predicted octanol–water partition coefficient (Wildman–Crippen LogP) is 3.47. The smallest absolute Gasteiger partial charge is 0.459 e. The zero-order valence-electron chi connectivity index (χ0n) is 15.1. The van der Waals surface area contributed by atoms with Gasteiger partial charge in [0.05, 0.1) is 23.9 Å². The van der Waals surface area contributed by atoms with Crippen molar-refractivity contribution in [2.75, 3.05) is 7.11 Å². The van der Waals surface area contributed by atoms with Crippen molar-refractivity contribution >= 4 is 17.6 Å². The molecular weight excluding hydrogens is 441 g/mol. The van der Waals surface area contributed by atoms with E-state index in [4.69, 9.17) is 11.6 Å². The Kier molecular flexibility index (Phi) is 5.18. The first-order valence-electron chi connectivity index (χ1n) is 7.90. The van der Waals surface area contributed by atoms with Crippen molar-refractivity contribution in [2.45, 2.75) is 12.1 Å². The Labute approximate surface area is 169 Å². The van der Waals surface area contributed by atoms with Crippen LogP contribution in [0.25, 0.3) is 17.1 Å². The summed E-state index contributed by atoms with van der Waals surface area (Å²) in [4.78, 5) is 11.8. The molecule has 0 atom stereocenters. The van der Waals surface area contributed by atoms with Gasteiger partial charge in [0.2, 0.25) is 0 Å². The number of carbonyl (C=O) groups is 1. The van der Waals surface area contributed by atoms with E-state index in [-0.39, 0.29) is 16.3 Å². The Morgan fingerprint density at radius 2 is 1.90 bits per heavy atom. The van der Waals surface area contributed by atoms with Crippen LogP contribution in [0.5, 0.6) is 5.75 Å². The number of esters is 1. The minimum atomic E-state index is -5.96. The summed E-state index contributed by atoms with van der Waals surface area (Å²) in [6.45, 7) is 0. The molecular formula is C16H11ClF5N5O3. The molecule has 30 heavy (non-hydrogen) atoms. The number of hydrogen-bond donors (Lipinski definition) is 1. The highest BCUT2D eigenvalue weighted by Crippen LogP contribution is 2.47. The van der Waals surface area contributed by atoms with Crippen LogP contribution in [0.15, 0.2) is 24.4 Å². The molecule has 3 rings (SSSR count). The zero-order valence-corrected chi connectivity index (χ0v) is 15.8. The first kappa shape index (κ1) is 21.5. The van der Waals surface area contributed by atoms with Crippen molar-refractivity contribution in [1.82, 2.24) is 24.8 Å². The third-order valence-electron chi connectivity index (χ3n) is 4.02. The summed E-state index contributed by atoms with van der Waals surface area (Å²) in [7, 11) is 2.20. The standard InChI is InChI=1S/C16H11ClF5N5O3/c1-26-13(11(28)12(24-26)15(18,19)16(20,21)22)27-6-10(23-25-27)7-3-4-9(17)8(5-7)14(29)30-2/h3-6,28H,1-2H3. The molecule has 0 bridgehead atoms. The lowest BCUT2D eigenvalue weighted by atomic mass is 10.1. The van der Waals surface area contributed by atoms with Gasteiger partial charge in [-0.25, -0.2) is 9.48 Å². The molecule has 0 aliphatic carbocycles. The summed E-state index contributed by atoms with van der Waals surface area (Å²) in [5.74, 6) is -8.10. The molecule has 0 saturated carbocycles. The van der Waals surface area contributed by atoms with Crippen LogP contribution in [-0.2, 0) is 17.7 Å². The molecule has 2 heterocycles. The molecule has 0 spiro atoms. The van der Waals surface area contributed by atoms with Gasteiger partial charge in [0, 0.05) is 12.6 Å². The van der Waals surface area contributed by atoms with Gasteiger partial charge < -0.3 is 9.84 Å². The van der Waals surface area contributed by atoms with Gasteiger partial charge in [0.15, 0.2) is 17.3 Å². The maximum Gasteiger partial charge on any atom is 0.459 e. The minimum Gasteiger partial charge on any atom is -0.503 e. The van der Waals surface area contributed by atoms with E-state index in [9.17, 15) is 31.9 Å². The first-order chi connectivity index (χ1) is 13.9. The lowest BCUT2D eigenvalue weighted by Crippen LogP contribution is -2.34. The lowest BCUT2D eigenvalue weighted by Gasteiger charge is -2.17. The summed E-state index contributed by atoms with van der Waals surface area (Å²) in [5.41, 5.74) is -1.44. The van der Waals surface area contributed by atoms with Gasteiger partial charge in [-0.2, -0.15) is 31.7 Å². The van der Waals surface area contributed by atoms with Gasteiger partial charge in [0.25, 0.3) is 0 Å². The van der Waals surface area contributed by atoms with Crippen LogP contribution in [0.2, 0.25) is 5.02 Å². The van der Waals surface area contributed by atoms with E-state index in [1.54, 1.807) is 0 Å². The molecule has 0 fully saturated rings. The topological polar surface area (TPSA) is 95.1 Å². The highest BCUT2D eigenvalue weighted by Gasteiger charge is 2.62. The fraction of sp³-hybridized carbons (Fsp3) is 0.250. The second-order valence-electron chi connectivity index (χ2n) is 5.95. The fourth-order valence-corrected chi connectivity index (χ4v) is 2.75. The summed E-state index contributed by atoms with van der Waals surface area (Å²) >= 11 is 5.93. The minimum absolute atomic E-state index is 0.0155. The third-order valence-corrected chi connectivity index (χ3v) is 4.35. The van der Waals surface area contributed by atoms with E-state index in [2.05, 4.69) is 20.1 Å². The fourth-order valence-electron chi connectivity index (χ4n) is 2.56. The van der Waals surface area contributed by atoms with E-state index in [1.807, 2.05) is 0 Å². The monoisotopic (exact) mass is 451 g/mol. The molecule has 0 unspecified atom stereocenters. The molecule has 2 aromatic heterocycles. The number of methoxy groups -OCH3 is 1. The Morgan fingerprint density at radius 3 is 2.50 bits per heavy atom. The molecule has 0 radical (unpaired) electrons. The number of alkyl halides is 5. The van der Waals surface area contributed by atoms with Crippen LogP contribution in [0.4, 0.5) is 22.0 Å². The van der Waals surface area contributed by atoms with Crippen molar-refractivity contribution in [3.63, 3.8) is 0 Å². The average molecular weight is 452 g/mol. The molecule has 3 aromatic rings. The molecule has 160 valence electrons. The molecule has 1 aromatic carbocycles. The summed E-state index contributed by atoms with van der Waals surface area (Å²) in [6, 6.07) is 4.18. The third kappa shape index (κ3) is 3.44. The number of carbonyl (C=O) groups excluding carboxylic acids is 1. The molecule has 0 aliphatic heterocycles. The average Bonchev–Trinajstić information content (AvgIpc) is 3.25. The van der Waals surface area contributed by atoms with Crippen LogP contribution in [0.1, 0.15) is 16.1 Å². The SMILES string of the molecule is COC(=O)c1cc(-c2cn(-c3c(O)c(C(F)(F)C(F)(F)F)nn3C)nn2)ccc1Cl. The second-order valence-corrected chi connectivity index (χ2v) is 6.36.